The Labute approximate surface area is 123 Å². The van der Waals surface area contributed by atoms with Crippen LogP contribution in [0, 0.1) is 0 Å². The zero-order chi connectivity index (χ0) is 15.9. The fraction of sp³-hybridized carbons (Fsp3) is 0.0625. The van der Waals surface area contributed by atoms with Crippen LogP contribution in [0.1, 0.15) is 15.9 Å². The van der Waals surface area contributed by atoms with Gasteiger partial charge in [-0.05, 0) is 42.0 Å². The predicted octanol–water partition coefficient (Wildman–Crippen LogP) is 4.55. The van der Waals surface area contributed by atoms with Crippen LogP contribution in [0.4, 0.5) is 13.2 Å². The number of carboxylic acid groups (broad SMARTS) is 1. The fourth-order valence-corrected chi connectivity index (χ4v) is 2.26. The Hall–Kier alpha value is -2.76. The molecular weight excluding hydrogens is 295 g/mol. The van der Waals surface area contributed by atoms with Crippen LogP contribution in [-0.4, -0.2) is 16.1 Å². The number of alkyl halides is 3. The van der Waals surface area contributed by atoms with Gasteiger partial charge in [-0.1, -0.05) is 12.1 Å². The van der Waals surface area contributed by atoms with Crippen LogP contribution in [0.5, 0.6) is 0 Å². The highest BCUT2D eigenvalue weighted by molar-refractivity contribution is 5.95. The SMILES string of the molecule is O=C(O)c1ccc2[nH]c(-c3ccc(C(F)(F)F)cc3)cc2c1. The normalized spacial score (nSPS) is 11.8. The average molecular weight is 305 g/mol. The number of hydrogen-bond donors (Lipinski definition) is 2. The Morgan fingerprint density at radius 2 is 1.68 bits per heavy atom. The number of aromatic nitrogens is 1. The second-order valence-electron chi connectivity index (χ2n) is 4.87. The lowest BCUT2D eigenvalue weighted by Crippen LogP contribution is -2.03. The summed E-state index contributed by atoms with van der Waals surface area (Å²) < 4.78 is 37.6. The van der Waals surface area contributed by atoms with Crippen molar-refractivity contribution >= 4 is 16.9 Å². The fourth-order valence-electron chi connectivity index (χ4n) is 2.26. The first kappa shape index (κ1) is 14.2. The van der Waals surface area contributed by atoms with Crippen LogP contribution in [0.15, 0.2) is 48.5 Å². The standard InChI is InChI=1S/C16H10F3NO2/c17-16(18,19)12-4-1-9(2-5-12)14-8-11-7-10(15(21)22)3-6-13(11)20-14/h1-8,20H,(H,21,22). The van der Waals surface area contributed by atoms with Gasteiger partial charge >= 0.3 is 12.1 Å². The summed E-state index contributed by atoms with van der Waals surface area (Å²) in [7, 11) is 0. The maximum atomic E-state index is 12.5. The van der Waals surface area contributed by atoms with Gasteiger partial charge in [0.1, 0.15) is 0 Å². The Balaban J connectivity index is 2.01. The van der Waals surface area contributed by atoms with Crippen LogP contribution < -0.4 is 0 Å². The third kappa shape index (κ3) is 2.55. The zero-order valence-corrected chi connectivity index (χ0v) is 11.1. The molecule has 3 aromatic rings. The second-order valence-corrected chi connectivity index (χ2v) is 4.87. The molecule has 2 N–H and O–H groups in total. The van der Waals surface area contributed by atoms with Crippen molar-refractivity contribution in [3.63, 3.8) is 0 Å². The smallest absolute Gasteiger partial charge is 0.416 e. The van der Waals surface area contributed by atoms with Crippen LogP contribution >= 0.6 is 0 Å². The number of fused-ring (bicyclic) bond motifs is 1. The summed E-state index contributed by atoms with van der Waals surface area (Å²) >= 11 is 0. The van der Waals surface area contributed by atoms with Crippen molar-refractivity contribution < 1.29 is 23.1 Å². The number of H-pyrrole nitrogens is 1. The minimum absolute atomic E-state index is 0.158. The van der Waals surface area contributed by atoms with E-state index in [1.165, 1.54) is 24.3 Å². The Bertz CT molecular complexity index is 848. The van der Waals surface area contributed by atoms with E-state index in [4.69, 9.17) is 5.11 Å². The van der Waals surface area contributed by atoms with E-state index in [1.807, 2.05) is 0 Å². The van der Waals surface area contributed by atoms with Crippen molar-refractivity contribution in [1.82, 2.24) is 4.98 Å². The molecule has 0 aliphatic heterocycles. The molecule has 6 heteroatoms. The molecule has 1 heterocycles. The minimum atomic E-state index is -4.37. The van der Waals surface area contributed by atoms with Crippen molar-refractivity contribution in [2.45, 2.75) is 6.18 Å². The predicted molar refractivity (Wildman–Crippen MR) is 75.7 cm³/mol. The van der Waals surface area contributed by atoms with Crippen molar-refractivity contribution in [3.8, 4) is 11.3 Å². The van der Waals surface area contributed by atoms with Gasteiger partial charge < -0.3 is 10.1 Å². The summed E-state index contributed by atoms with van der Waals surface area (Å²) in [6, 6.07) is 11.1. The molecule has 0 aliphatic rings. The van der Waals surface area contributed by atoms with E-state index < -0.39 is 17.7 Å². The highest BCUT2D eigenvalue weighted by Crippen LogP contribution is 2.31. The monoisotopic (exact) mass is 305 g/mol. The van der Waals surface area contributed by atoms with Gasteiger partial charge in [0.05, 0.1) is 11.1 Å². The summed E-state index contributed by atoms with van der Waals surface area (Å²) in [5, 5.41) is 9.65. The van der Waals surface area contributed by atoms with Gasteiger partial charge in [-0.3, -0.25) is 0 Å². The van der Waals surface area contributed by atoms with Gasteiger partial charge in [0.2, 0.25) is 0 Å². The van der Waals surface area contributed by atoms with Gasteiger partial charge in [0.25, 0.3) is 0 Å². The van der Waals surface area contributed by atoms with Crippen molar-refractivity contribution in [2.75, 3.05) is 0 Å². The number of carboxylic acids is 1. The lowest BCUT2D eigenvalue weighted by atomic mass is 10.1. The molecule has 3 rings (SSSR count). The highest BCUT2D eigenvalue weighted by Gasteiger charge is 2.30. The van der Waals surface area contributed by atoms with E-state index in [0.29, 0.717) is 16.6 Å². The van der Waals surface area contributed by atoms with Crippen molar-refractivity contribution in [2.24, 2.45) is 0 Å². The molecule has 0 bridgehead atoms. The quantitative estimate of drug-likeness (QED) is 0.729. The molecule has 1 aromatic heterocycles. The number of aromatic amines is 1. The van der Waals surface area contributed by atoms with Crippen LogP contribution in [-0.2, 0) is 6.18 Å². The largest absolute Gasteiger partial charge is 0.478 e. The van der Waals surface area contributed by atoms with Crippen LogP contribution in [0.25, 0.3) is 22.2 Å². The van der Waals surface area contributed by atoms with Crippen molar-refractivity contribution in [1.29, 1.82) is 0 Å². The molecule has 0 spiro atoms. The molecule has 22 heavy (non-hydrogen) atoms. The van der Waals surface area contributed by atoms with Crippen molar-refractivity contribution in [3.05, 3.63) is 59.7 Å². The molecule has 0 unspecified atom stereocenters. The van der Waals surface area contributed by atoms with E-state index in [1.54, 1.807) is 12.1 Å². The third-order valence-electron chi connectivity index (χ3n) is 3.39. The molecule has 0 aliphatic carbocycles. The maximum absolute atomic E-state index is 12.5. The minimum Gasteiger partial charge on any atom is -0.478 e. The Kier molecular flexibility index (Phi) is 3.16. The van der Waals surface area contributed by atoms with Gasteiger partial charge in [0, 0.05) is 16.6 Å². The molecular formula is C16H10F3NO2. The number of hydrogen-bond acceptors (Lipinski definition) is 1. The van der Waals surface area contributed by atoms with Crippen LogP contribution in [0.3, 0.4) is 0 Å². The van der Waals surface area contributed by atoms with E-state index in [2.05, 4.69) is 4.98 Å². The highest BCUT2D eigenvalue weighted by atomic mass is 19.4. The third-order valence-corrected chi connectivity index (χ3v) is 3.39. The number of aromatic carboxylic acids is 1. The summed E-state index contributed by atoms with van der Waals surface area (Å²) in [5.41, 5.74) is 1.40. The molecule has 0 atom stereocenters. The summed E-state index contributed by atoms with van der Waals surface area (Å²) in [6.45, 7) is 0. The number of halogens is 3. The summed E-state index contributed by atoms with van der Waals surface area (Å²) in [4.78, 5) is 14.0. The lowest BCUT2D eigenvalue weighted by molar-refractivity contribution is -0.137. The molecule has 3 nitrogen and oxygen atoms in total. The molecule has 0 saturated carbocycles. The molecule has 2 aromatic carbocycles. The first-order valence-corrected chi connectivity index (χ1v) is 6.38. The summed E-state index contributed by atoms with van der Waals surface area (Å²) in [5.74, 6) is -1.03. The molecule has 0 radical (unpaired) electrons. The van der Waals surface area contributed by atoms with Gasteiger partial charge in [0.15, 0.2) is 0 Å². The molecule has 0 saturated heterocycles. The van der Waals surface area contributed by atoms with E-state index >= 15 is 0 Å². The number of nitrogens with one attached hydrogen (secondary N) is 1. The molecule has 0 amide bonds. The molecule has 112 valence electrons. The number of benzene rings is 2. The Morgan fingerprint density at radius 3 is 2.27 bits per heavy atom. The van der Waals surface area contributed by atoms with E-state index in [0.717, 1.165) is 17.6 Å². The Morgan fingerprint density at radius 1 is 1.00 bits per heavy atom. The second kappa shape index (κ2) is 4.91. The van der Waals surface area contributed by atoms with Gasteiger partial charge in [-0.2, -0.15) is 13.2 Å². The van der Waals surface area contributed by atoms with Crippen LogP contribution in [0.2, 0.25) is 0 Å². The van der Waals surface area contributed by atoms with Gasteiger partial charge in [-0.15, -0.1) is 0 Å². The van der Waals surface area contributed by atoms with E-state index in [-0.39, 0.29) is 5.56 Å². The molecule has 0 fully saturated rings. The lowest BCUT2D eigenvalue weighted by Gasteiger charge is -2.06. The topological polar surface area (TPSA) is 53.1 Å². The van der Waals surface area contributed by atoms with E-state index in [9.17, 15) is 18.0 Å². The zero-order valence-electron chi connectivity index (χ0n) is 11.1. The summed E-state index contributed by atoms with van der Waals surface area (Å²) in [6.07, 6.45) is -4.37. The first-order chi connectivity index (χ1) is 10.3. The number of carbonyl (C=O) groups is 1. The first-order valence-electron chi connectivity index (χ1n) is 6.38. The maximum Gasteiger partial charge on any atom is 0.416 e. The number of rotatable bonds is 2. The van der Waals surface area contributed by atoms with Gasteiger partial charge in [-0.25, -0.2) is 4.79 Å². The average Bonchev–Trinajstić information content (AvgIpc) is 2.89.